The number of ketones is 1. The highest BCUT2D eigenvalue weighted by molar-refractivity contribution is 5.79. The quantitative estimate of drug-likeness (QED) is 0.702. The van der Waals surface area contributed by atoms with Gasteiger partial charge in [-0.05, 0) is 18.6 Å². The number of hydrogen-bond acceptors (Lipinski definition) is 4. The van der Waals surface area contributed by atoms with Gasteiger partial charge >= 0.3 is 0 Å². The van der Waals surface area contributed by atoms with Gasteiger partial charge in [-0.2, -0.15) is 5.26 Å². The minimum absolute atomic E-state index is 0.117. The predicted octanol–water partition coefficient (Wildman–Crippen LogP) is 4.26. The lowest BCUT2D eigenvalue weighted by Crippen LogP contribution is -2.09. The molecule has 0 bridgehead atoms. The average Bonchev–Trinajstić information content (AvgIpc) is 2.67. The molecule has 4 heteroatoms. The molecule has 0 amide bonds. The number of Topliss-reactive ketones (excluding diaryl/α,β-unsaturated/α-hetero) is 1. The van der Waals surface area contributed by atoms with Gasteiger partial charge in [-0.25, -0.2) is 4.98 Å². The van der Waals surface area contributed by atoms with Crippen molar-refractivity contribution in [2.75, 3.05) is 6.61 Å². The Bertz CT molecular complexity index is 929. The van der Waals surface area contributed by atoms with Gasteiger partial charge in [-0.3, -0.25) is 4.79 Å². The van der Waals surface area contributed by atoms with Crippen molar-refractivity contribution in [3.05, 3.63) is 72.3 Å². The van der Waals surface area contributed by atoms with Crippen LogP contribution < -0.4 is 4.74 Å². The van der Waals surface area contributed by atoms with Crippen LogP contribution in [0.1, 0.15) is 12.5 Å². The molecule has 0 fully saturated rings. The maximum atomic E-state index is 11.3. The monoisotopic (exact) mass is 328 g/mol. The number of ether oxygens (including phenoxy) is 1. The van der Waals surface area contributed by atoms with E-state index in [4.69, 9.17) is 4.74 Å². The number of aromatic nitrogens is 1. The summed E-state index contributed by atoms with van der Waals surface area (Å²) in [7, 11) is 0. The van der Waals surface area contributed by atoms with E-state index < -0.39 is 0 Å². The lowest BCUT2D eigenvalue weighted by atomic mass is 9.99. The minimum Gasteiger partial charge on any atom is -0.469 e. The summed E-state index contributed by atoms with van der Waals surface area (Å²) in [5, 5.41) is 9.63. The highest BCUT2D eigenvalue weighted by Gasteiger charge is 2.16. The first-order valence-corrected chi connectivity index (χ1v) is 7.87. The largest absolute Gasteiger partial charge is 0.469 e. The van der Waals surface area contributed by atoms with Crippen molar-refractivity contribution < 1.29 is 9.53 Å². The molecule has 25 heavy (non-hydrogen) atoms. The summed E-state index contributed by atoms with van der Waals surface area (Å²) >= 11 is 0. The van der Waals surface area contributed by atoms with E-state index in [9.17, 15) is 10.1 Å². The Morgan fingerprint density at radius 3 is 2.20 bits per heavy atom. The Labute approximate surface area is 146 Å². The Morgan fingerprint density at radius 2 is 1.64 bits per heavy atom. The molecule has 1 aromatic heterocycles. The molecule has 0 aliphatic rings. The molecule has 0 saturated carbocycles. The van der Waals surface area contributed by atoms with Crippen LogP contribution in [0.15, 0.2) is 66.7 Å². The van der Waals surface area contributed by atoms with Crippen molar-refractivity contribution >= 4 is 5.78 Å². The summed E-state index contributed by atoms with van der Waals surface area (Å²) in [5.74, 6) is 0.0509. The summed E-state index contributed by atoms with van der Waals surface area (Å²) < 4.78 is 5.53. The van der Waals surface area contributed by atoms with Crippen molar-refractivity contribution in [1.29, 1.82) is 5.26 Å². The number of hydrogen-bond donors (Lipinski definition) is 0. The summed E-state index contributed by atoms with van der Waals surface area (Å²) in [4.78, 5) is 15.8. The van der Waals surface area contributed by atoms with Crippen LogP contribution in [-0.2, 0) is 4.79 Å². The molecule has 0 radical (unpaired) electrons. The second kappa shape index (κ2) is 7.41. The molecular formula is C21H16N2O2. The fourth-order valence-electron chi connectivity index (χ4n) is 2.51. The first kappa shape index (κ1) is 16.4. The second-order valence-electron chi connectivity index (χ2n) is 5.57. The van der Waals surface area contributed by atoms with Crippen molar-refractivity contribution in [1.82, 2.24) is 4.98 Å². The molecule has 0 unspecified atom stereocenters. The van der Waals surface area contributed by atoms with Crippen LogP contribution in [0, 0.1) is 11.3 Å². The van der Waals surface area contributed by atoms with Crippen LogP contribution in [0.25, 0.3) is 22.4 Å². The summed E-state index contributed by atoms with van der Waals surface area (Å²) in [6.45, 7) is 1.32. The van der Waals surface area contributed by atoms with Gasteiger partial charge in [0.1, 0.15) is 18.2 Å². The Balaban J connectivity index is 2.20. The van der Waals surface area contributed by atoms with E-state index in [1.54, 1.807) is 0 Å². The highest BCUT2D eigenvalue weighted by Crippen LogP contribution is 2.33. The Kier molecular flexibility index (Phi) is 4.87. The first-order chi connectivity index (χ1) is 12.2. The van der Waals surface area contributed by atoms with Gasteiger partial charge in [0.2, 0.25) is 5.88 Å². The lowest BCUT2D eigenvalue weighted by Gasteiger charge is -2.13. The third-order valence-corrected chi connectivity index (χ3v) is 3.66. The van der Waals surface area contributed by atoms with Crippen LogP contribution >= 0.6 is 0 Å². The number of benzene rings is 2. The van der Waals surface area contributed by atoms with E-state index in [1.165, 1.54) is 6.92 Å². The van der Waals surface area contributed by atoms with Gasteiger partial charge in [-0.15, -0.1) is 0 Å². The third-order valence-electron chi connectivity index (χ3n) is 3.66. The van der Waals surface area contributed by atoms with E-state index >= 15 is 0 Å². The fourth-order valence-corrected chi connectivity index (χ4v) is 2.51. The molecule has 0 saturated heterocycles. The van der Waals surface area contributed by atoms with Gasteiger partial charge in [0.25, 0.3) is 0 Å². The molecule has 0 aliphatic carbocycles. The molecule has 0 N–H and O–H groups in total. The van der Waals surface area contributed by atoms with Gasteiger partial charge in [0.05, 0.1) is 5.69 Å². The van der Waals surface area contributed by atoms with Crippen molar-refractivity contribution in [2.45, 2.75) is 6.92 Å². The zero-order chi connectivity index (χ0) is 17.6. The number of carbonyl (C=O) groups is 1. The molecule has 3 rings (SSSR count). The molecule has 1 heterocycles. The van der Waals surface area contributed by atoms with E-state index in [2.05, 4.69) is 11.1 Å². The van der Waals surface area contributed by atoms with E-state index in [1.807, 2.05) is 66.7 Å². The molecule has 0 aliphatic heterocycles. The van der Waals surface area contributed by atoms with Gasteiger partial charge in [0, 0.05) is 11.1 Å². The topological polar surface area (TPSA) is 63.0 Å². The average molecular weight is 328 g/mol. The summed E-state index contributed by atoms with van der Waals surface area (Å²) in [6, 6.07) is 23.3. The van der Waals surface area contributed by atoms with Crippen molar-refractivity contribution in [2.24, 2.45) is 0 Å². The lowest BCUT2D eigenvalue weighted by molar-refractivity contribution is -0.119. The molecule has 3 aromatic rings. The molecular weight excluding hydrogens is 312 g/mol. The van der Waals surface area contributed by atoms with E-state index in [0.717, 1.165) is 16.7 Å². The van der Waals surface area contributed by atoms with Crippen LogP contribution in [-0.4, -0.2) is 17.4 Å². The summed E-state index contributed by atoms with van der Waals surface area (Å²) in [5.41, 5.74) is 3.56. The molecule has 4 nitrogen and oxygen atoms in total. The number of rotatable bonds is 5. The Hall–Kier alpha value is -3.45. The van der Waals surface area contributed by atoms with E-state index in [-0.39, 0.29) is 18.3 Å². The van der Waals surface area contributed by atoms with Crippen LogP contribution in [0.4, 0.5) is 0 Å². The number of nitrogens with zero attached hydrogens (tertiary/aromatic N) is 2. The number of pyridine rings is 1. The molecule has 122 valence electrons. The maximum absolute atomic E-state index is 11.3. The molecule has 0 spiro atoms. The zero-order valence-electron chi connectivity index (χ0n) is 13.8. The van der Waals surface area contributed by atoms with Crippen LogP contribution in [0.2, 0.25) is 0 Å². The van der Waals surface area contributed by atoms with Gasteiger partial charge in [-0.1, -0.05) is 60.7 Å². The van der Waals surface area contributed by atoms with Crippen molar-refractivity contribution in [3.63, 3.8) is 0 Å². The van der Waals surface area contributed by atoms with Crippen molar-refractivity contribution in [3.8, 4) is 34.3 Å². The molecule has 2 aromatic carbocycles. The number of carbonyl (C=O) groups excluding carboxylic acids is 1. The van der Waals surface area contributed by atoms with Gasteiger partial charge in [0.15, 0.2) is 5.78 Å². The SMILES string of the molecule is CC(=O)COc1nc(-c2ccccc2)cc(-c2ccccc2)c1C#N. The minimum atomic E-state index is -0.128. The first-order valence-electron chi connectivity index (χ1n) is 7.87. The zero-order valence-corrected chi connectivity index (χ0v) is 13.8. The molecule has 0 atom stereocenters. The standard InChI is InChI=1S/C21H16N2O2/c1-15(24)14-25-21-19(13-22)18(16-8-4-2-5-9-16)12-20(23-21)17-10-6-3-7-11-17/h2-12H,14H2,1H3. The number of nitriles is 1. The smallest absolute Gasteiger partial charge is 0.233 e. The maximum Gasteiger partial charge on any atom is 0.233 e. The fraction of sp³-hybridized carbons (Fsp3) is 0.0952. The highest BCUT2D eigenvalue weighted by atomic mass is 16.5. The predicted molar refractivity (Wildman–Crippen MR) is 96.0 cm³/mol. The second-order valence-corrected chi connectivity index (χ2v) is 5.57. The third kappa shape index (κ3) is 3.73. The van der Waals surface area contributed by atoms with Crippen LogP contribution in [0.5, 0.6) is 5.88 Å². The van der Waals surface area contributed by atoms with Gasteiger partial charge < -0.3 is 4.74 Å². The van der Waals surface area contributed by atoms with Crippen LogP contribution in [0.3, 0.4) is 0 Å². The van der Waals surface area contributed by atoms with E-state index in [0.29, 0.717) is 11.3 Å². The normalized spacial score (nSPS) is 10.1. The Morgan fingerprint density at radius 1 is 1.04 bits per heavy atom. The summed E-state index contributed by atoms with van der Waals surface area (Å²) in [6.07, 6.45) is 0.